The Morgan fingerprint density at radius 1 is 0.808 bits per heavy atom. The van der Waals surface area contributed by atoms with Gasteiger partial charge in [-0.2, -0.15) is 5.10 Å². The number of ketones is 1. The van der Waals surface area contributed by atoms with E-state index in [-0.39, 0.29) is 40.5 Å². The quantitative estimate of drug-likeness (QED) is 0.199. The molecule has 6 aliphatic rings. The van der Waals surface area contributed by atoms with Crippen molar-refractivity contribution in [1.29, 1.82) is 0 Å². The molecule has 1 heterocycles. The average molecular weight is 711 g/mol. The fraction of sp³-hybridized carbons (Fsp3) is 0.682. The molecule has 2 N–H and O–H groups in total. The first-order valence-electron chi connectivity index (χ1n) is 21.2. The number of amides is 2. The molecule has 282 valence electrons. The Bertz CT molecular complexity index is 1560. The van der Waals surface area contributed by atoms with Crippen LogP contribution in [0.25, 0.3) is 5.57 Å². The molecule has 0 spiro atoms. The van der Waals surface area contributed by atoms with Gasteiger partial charge in [0.2, 0.25) is 11.7 Å². The molecular weight excluding hydrogens is 649 g/mol. The van der Waals surface area contributed by atoms with Gasteiger partial charge in [0.15, 0.2) is 0 Å². The van der Waals surface area contributed by atoms with E-state index in [4.69, 9.17) is 5.10 Å². The molecule has 0 radical (unpaired) electrons. The van der Waals surface area contributed by atoms with E-state index in [1.54, 1.807) is 0 Å². The number of hydrogen-bond donors (Lipinski definition) is 2. The van der Waals surface area contributed by atoms with Crippen molar-refractivity contribution in [3.05, 3.63) is 40.7 Å². The normalized spacial score (nSPS) is 24.0. The number of hydrogen-bond acceptors (Lipinski definition) is 6. The monoisotopic (exact) mass is 710 g/mol. The van der Waals surface area contributed by atoms with E-state index in [1.165, 1.54) is 64.2 Å². The minimum atomic E-state index is -0.329. The highest BCUT2D eigenvalue weighted by molar-refractivity contribution is 6.44. The summed E-state index contributed by atoms with van der Waals surface area (Å²) in [7, 11) is 0. The van der Waals surface area contributed by atoms with Crippen molar-refractivity contribution in [3.63, 3.8) is 0 Å². The molecule has 8 nitrogen and oxygen atoms in total. The van der Waals surface area contributed by atoms with Gasteiger partial charge in [-0.3, -0.25) is 14.4 Å². The van der Waals surface area contributed by atoms with Crippen LogP contribution in [0.5, 0.6) is 0 Å². The number of benzene rings is 1. The predicted octanol–water partition coefficient (Wildman–Crippen LogP) is 9.90. The van der Waals surface area contributed by atoms with Crippen LogP contribution in [0, 0.1) is 23.7 Å². The summed E-state index contributed by atoms with van der Waals surface area (Å²) in [5.41, 5.74) is 3.32. The number of hydrazone groups is 1. The second-order valence-corrected chi connectivity index (χ2v) is 16.8. The summed E-state index contributed by atoms with van der Waals surface area (Å²) in [5, 5.41) is 22.0. The lowest BCUT2D eigenvalue weighted by Gasteiger charge is -2.41. The minimum Gasteiger partial charge on any atom is -0.506 e. The number of aliphatic hydroxyl groups excluding tert-OH is 1. The van der Waals surface area contributed by atoms with Crippen LogP contribution in [0.1, 0.15) is 154 Å². The third-order valence-electron chi connectivity index (χ3n) is 13.6. The minimum absolute atomic E-state index is 0.0442. The van der Waals surface area contributed by atoms with Gasteiger partial charge in [-0.1, -0.05) is 77.0 Å². The summed E-state index contributed by atoms with van der Waals surface area (Å²) in [6, 6.07) is 5.79. The fourth-order valence-corrected chi connectivity index (χ4v) is 10.7. The topological polar surface area (TPSA) is 102 Å². The Morgan fingerprint density at radius 2 is 1.38 bits per heavy atom. The number of nitrogens with one attached hydrogen (secondary N) is 1. The maximum atomic E-state index is 14.8. The van der Waals surface area contributed by atoms with Crippen LogP contribution < -0.4 is 10.2 Å². The number of allylic oxidation sites excluding steroid dienone is 2. The van der Waals surface area contributed by atoms with E-state index in [2.05, 4.69) is 24.1 Å². The highest BCUT2D eigenvalue weighted by atomic mass is 16.3. The summed E-state index contributed by atoms with van der Waals surface area (Å²) in [6.07, 6.45) is 23.2. The van der Waals surface area contributed by atoms with Gasteiger partial charge in [-0.15, -0.1) is 0 Å². The van der Waals surface area contributed by atoms with Crippen LogP contribution in [-0.4, -0.2) is 52.6 Å². The highest BCUT2D eigenvalue weighted by Gasteiger charge is 2.48. The Morgan fingerprint density at radius 3 is 1.96 bits per heavy atom. The number of Topliss-reactive ketones (excluding diaryl/α,β-unsaturated/α-hetero) is 1. The SMILES string of the molecule is CCN(CC)c1ccc(C2=C(O)C(=C3C(=O)N(C(C4CCCCC4)C4CCCCC4)N=C3CCC3CCCC3)C2=O)c(NC(=O)CC2CCCC2)c1. The van der Waals surface area contributed by atoms with Crippen LogP contribution in [0.2, 0.25) is 0 Å². The second kappa shape index (κ2) is 16.7. The van der Waals surface area contributed by atoms with E-state index in [0.29, 0.717) is 59.0 Å². The number of anilines is 2. The summed E-state index contributed by atoms with van der Waals surface area (Å²) < 4.78 is 0. The molecule has 7 rings (SSSR count). The summed E-state index contributed by atoms with van der Waals surface area (Å²) in [6.45, 7) is 5.80. The third-order valence-corrected chi connectivity index (χ3v) is 13.6. The molecule has 0 atom stereocenters. The predicted molar refractivity (Wildman–Crippen MR) is 209 cm³/mol. The molecule has 0 aromatic heterocycles. The lowest BCUT2D eigenvalue weighted by Crippen LogP contribution is -2.46. The molecular formula is C44H62N4O4. The van der Waals surface area contributed by atoms with Gasteiger partial charge in [0, 0.05) is 30.8 Å². The van der Waals surface area contributed by atoms with Gasteiger partial charge >= 0.3 is 0 Å². The molecule has 4 fully saturated rings. The van der Waals surface area contributed by atoms with Crippen LogP contribution in [0.3, 0.4) is 0 Å². The van der Waals surface area contributed by atoms with Crippen LogP contribution in [-0.2, 0) is 14.4 Å². The highest BCUT2D eigenvalue weighted by Crippen LogP contribution is 2.46. The summed E-state index contributed by atoms with van der Waals surface area (Å²) >= 11 is 0. The zero-order chi connectivity index (χ0) is 36.2. The first-order chi connectivity index (χ1) is 25.4. The Kier molecular flexibility index (Phi) is 11.9. The largest absolute Gasteiger partial charge is 0.506 e. The van der Waals surface area contributed by atoms with Crippen molar-refractivity contribution in [2.24, 2.45) is 28.8 Å². The molecule has 1 aromatic carbocycles. The van der Waals surface area contributed by atoms with Gasteiger partial charge in [0.25, 0.3) is 5.91 Å². The van der Waals surface area contributed by atoms with Crippen LogP contribution in [0.4, 0.5) is 11.4 Å². The van der Waals surface area contributed by atoms with E-state index < -0.39 is 0 Å². The lowest BCUT2D eigenvalue weighted by molar-refractivity contribution is -0.131. The van der Waals surface area contributed by atoms with Crippen LogP contribution in [0.15, 0.2) is 40.2 Å². The van der Waals surface area contributed by atoms with Crippen molar-refractivity contribution in [2.45, 2.75) is 155 Å². The molecule has 2 amide bonds. The first kappa shape index (κ1) is 36.9. The number of carbonyl (C=O) groups excluding carboxylic acids is 3. The fourth-order valence-electron chi connectivity index (χ4n) is 10.7. The van der Waals surface area contributed by atoms with E-state index in [1.807, 2.05) is 23.2 Å². The standard InChI is InChI=1S/C44H62N4O4/c1-3-47(4-2)33-24-25-34(36(28-33)45-37(49)27-30-17-13-14-18-30)38-42(50)40(43(38)51)39-35(26-23-29-15-11-12-16-29)46-48(44(39)52)41(31-19-7-5-8-20-31)32-21-9-6-10-22-32/h24-25,28-32,41,50H,3-23,26-27H2,1-2H3,(H,45,49). The zero-order valence-electron chi connectivity index (χ0n) is 31.9. The van der Waals surface area contributed by atoms with Crippen molar-refractivity contribution in [3.8, 4) is 0 Å². The van der Waals surface area contributed by atoms with E-state index >= 15 is 0 Å². The number of carbonyl (C=O) groups is 3. The molecule has 1 aliphatic heterocycles. The van der Waals surface area contributed by atoms with Gasteiger partial charge < -0.3 is 15.3 Å². The number of rotatable bonds is 13. The number of nitrogens with zero attached hydrogens (tertiary/aromatic N) is 3. The Hall–Kier alpha value is -3.42. The van der Waals surface area contributed by atoms with Gasteiger partial charge in [-0.25, -0.2) is 5.01 Å². The molecule has 8 heteroatoms. The maximum absolute atomic E-state index is 14.8. The van der Waals surface area contributed by atoms with Gasteiger partial charge in [0.1, 0.15) is 5.76 Å². The molecule has 0 unspecified atom stereocenters. The van der Waals surface area contributed by atoms with E-state index in [0.717, 1.165) is 76.6 Å². The average Bonchev–Trinajstić information content (AvgIpc) is 3.94. The van der Waals surface area contributed by atoms with Gasteiger partial charge in [-0.05, 0) is 107 Å². The third kappa shape index (κ3) is 7.64. The van der Waals surface area contributed by atoms with Crippen molar-refractivity contribution < 1.29 is 19.5 Å². The number of aliphatic hydroxyl groups is 1. The molecule has 4 saturated carbocycles. The lowest BCUT2D eigenvalue weighted by atomic mass is 9.73. The first-order valence-corrected chi connectivity index (χ1v) is 21.2. The molecule has 52 heavy (non-hydrogen) atoms. The Labute approximate surface area is 311 Å². The van der Waals surface area contributed by atoms with E-state index in [9.17, 15) is 19.5 Å². The zero-order valence-corrected chi connectivity index (χ0v) is 31.9. The van der Waals surface area contributed by atoms with Crippen LogP contribution >= 0.6 is 0 Å². The second-order valence-electron chi connectivity index (χ2n) is 16.8. The summed E-state index contributed by atoms with van der Waals surface area (Å²) in [4.78, 5) is 44.8. The molecule has 0 bridgehead atoms. The van der Waals surface area contributed by atoms with Crippen molar-refractivity contribution in [2.75, 3.05) is 23.3 Å². The summed E-state index contributed by atoms with van der Waals surface area (Å²) in [5.74, 6) is 1.11. The molecule has 1 aromatic rings. The van der Waals surface area contributed by atoms with Gasteiger partial charge in [0.05, 0.1) is 34.2 Å². The molecule has 5 aliphatic carbocycles. The smallest absolute Gasteiger partial charge is 0.277 e. The van der Waals surface area contributed by atoms with Crippen molar-refractivity contribution in [1.82, 2.24) is 5.01 Å². The maximum Gasteiger partial charge on any atom is 0.277 e. The van der Waals surface area contributed by atoms with Crippen molar-refractivity contribution >= 4 is 40.3 Å². The molecule has 0 saturated heterocycles. The Balaban J connectivity index is 1.25.